The molecule has 0 spiro atoms. The van der Waals surface area contributed by atoms with E-state index in [-0.39, 0.29) is 5.78 Å². The summed E-state index contributed by atoms with van der Waals surface area (Å²) in [5.74, 6) is 0.518. The Balaban J connectivity index is 1.85. The Morgan fingerprint density at radius 2 is 1.41 bits per heavy atom. The number of nitrogens with zero attached hydrogens (tertiary/aromatic N) is 4. The number of rotatable bonds is 3. The lowest BCUT2D eigenvalue weighted by Crippen LogP contribution is -2.08. The van der Waals surface area contributed by atoms with Gasteiger partial charge in [-0.15, -0.1) is 10.2 Å². The number of ketones is 1. The smallest absolute Gasteiger partial charge is 0.215 e. The van der Waals surface area contributed by atoms with Crippen molar-refractivity contribution in [3.8, 4) is 11.4 Å². The Morgan fingerprint density at radius 1 is 0.741 bits per heavy atom. The van der Waals surface area contributed by atoms with Gasteiger partial charge < -0.3 is 0 Å². The zero-order valence-electron chi connectivity index (χ0n) is 14.3. The van der Waals surface area contributed by atoms with Crippen LogP contribution in [0.3, 0.4) is 0 Å². The molecule has 0 radical (unpaired) electrons. The molecule has 0 bridgehead atoms. The molecule has 0 fully saturated rings. The zero-order valence-corrected chi connectivity index (χ0v) is 14.3. The molecule has 5 heteroatoms. The lowest BCUT2D eigenvalue weighted by Gasteiger charge is -2.08. The van der Waals surface area contributed by atoms with Crippen LogP contribution in [0.4, 0.5) is 0 Å². The highest BCUT2D eigenvalue weighted by atomic mass is 16.1. The number of carbonyl (C=O) groups excluding carboxylic acids is 1. The molecule has 128 valence electrons. The van der Waals surface area contributed by atoms with Gasteiger partial charge in [-0.05, 0) is 12.1 Å². The van der Waals surface area contributed by atoms with Crippen molar-refractivity contribution in [3.05, 3.63) is 96.2 Å². The van der Waals surface area contributed by atoms with Crippen molar-refractivity contribution in [2.75, 3.05) is 0 Å². The summed E-state index contributed by atoms with van der Waals surface area (Å²) in [5.41, 5.74) is 3.85. The van der Waals surface area contributed by atoms with Gasteiger partial charge in [0.15, 0.2) is 17.2 Å². The Morgan fingerprint density at radius 3 is 2.19 bits per heavy atom. The van der Waals surface area contributed by atoms with Crippen molar-refractivity contribution in [1.29, 1.82) is 0 Å². The zero-order chi connectivity index (χ0) is 18.2. The first kappa shape index (κ1) is 15.4. The number of hydrogen-bond acceptors (Lipinski definition) is 4. The van der Waals surface area contributed by atoms with Gasteiger partial charge in [0.05, 0.1) is 11.0 Å². The monoisotopic (exact) mass is 350 g/mol. The van der Waals surface area contributed by atoms with Crippen LogP contribution in [0.5, 0.6) is 0 Å². The van der Waals surface area contributed by atoms with Crippen molar-refractivity contribution >= 4 is 22.5 Å². The molecule has 5 nitrogen and oxygen atoms in total. The highest BCUT2D eigenvalue weighted by molar-refractivity contribution is 6.12. The van der Waals surface area contributed by atoms with Gasteiger partial charge in [0.1, 0.15) is 0 Å². The number of carbonyl (C=O) groups is 1. The first-order valence-corrected chi connectivity index (χ1v) is 8.62. The van der Waals surface area contributed by atoms with Crippen LogP contribution in [0.1, 0.15) is 16.1 Å². The van der Waals surface area contributed by atoms with Gasteiger partial charge in [-0.25, -0.2) is 4.98 Å². The third-order valence-corrected chi connectivity index (χ3v) is 4.51. The average molecular weight is 350 g/mol. The second kappa shape index (κ2) is 6.14. The molecule has 5 rings (SSSR count). The number of para-hydroxylation sites is 2. The Kier molecular flexibility index (Phi) is 3.50. The topological polar surface area (TPSA) is 60.2 Å². The van der Waals surface area contributed by atoms with E-state index in [1.807, 2.05) is 77.2 Å². The molecule has 0 unspecified atom stereocenters. The number of hydrogen-bond donors (Lipinski definition) is 0. The fourth-order valence-corrected chi connectivity index (χ4v) is 3.24. The summed E-state index contributed by atoms with van der Waals surface area (Å²) < 4.78 is 1.91. The molecule has 0 amide bonds. The van der Waals surface area contributed by atoms with Crippen LogP contribution in [0.25, 0.3) is 28.1 Å². The molecule has 0 saturated carbocycles. The molecular formula is C22H14N4O. The number of benzene rings is 3. The van der Waals surface area contributed by atoms with E-state index in [2.05, 4.69) is 15.2 Å². The molecule has 2 aromatic heterocycles. The summed E-state index contributed by atoms with van der Waals surface area (Å²) in [5, 5.41) is 8.69. The molecule has 0 aliphatic heterocycles. The predicted octanol–water partition coefficient (Wildman–Crippen LogP) is 4.18. The summed E-state index contributed by atoms with van der Waals surface area (Å²) in [6, 6.07) is 26.6. The van der Waals surface area contributed by atoms with E-state index in [4.69, 9.17) is 0 Å². The second-order valence-corrected chi connectivity index (χ2v) is 6.19. The fourth-order valence-electron chi connectivity index (χ4n) is 3.24. The lowest BCUT2D eigenvalue weighted by molar-refractivity contribution is 0.103. The highest BCUT2D eigenvalue weighted by Crippen LogP contribution is 2.25. The summed E-state index contributed by atoms with van der Waals surface area (Å²) in [6.45, 7) is 0. The van der Waals surface area contributed by atoms with Gasteiger partial charge in [0, 0.05) is 11.1 Å². The normalized spacial score (nSPS) is 11.1. The van der Waals surface area contributed by atoms with E-state index in [0.29, 0.717) is 22.7 Å². The van der Waals surface area contributed by atoms with Gasteiger partial charge in [0.25, 0.3) is 0 Å². The number of aromatic nitrogens is 4. The van der Waals surface area contributed by atoms with Crippen molar-refractivity contribution in [3.63, 3.8) is 0 Å². The standard InChI is InChI=1S/C22H14N4O/c27-20(15-9-3-1-4-10-15)19-22-25-24-21(16-11-5-2-6-12-16)26(22)18-14-8-7-13-17(18)23-19/h1-14H. The molecule has 5 aromatic rings. The predicted molar refractivity (Wildman–Crippen MR) is 104 cm³/mol. The van der Waals surface area contributed by atoms with Crippen LogP contribution in [0.15, 0.2) is 84.9 Å². The Labute approximate surface area is 154 Å². The lowest BCUT2D eigenvalue weighted by atomic mass is 10.1. The van der Waals surface area contributed by atoms with Gasteiger partial charge in [-0.3, -0.25) is 9.20 Å². The minimum atomic E-state index is -0.168. The van der Waals surface area contributed by atoms with Crippen LogP contribution in [0.2, 0.25) is 0 Å². The summed E-state index contributed by atoms with van der Waals surface area (Å²) in [4.78, 5) is 17.7. The molecule has 0 aliphatic carbocycles. The van der Waals surface area contributed by atoms with E-state index in [9.17, 15) is 4.79 Å². The van der Waals surface area contributed by atoms with Crippen LogP contribution < -0.4 is 0 Å². The minimum Gasteiger partial charge on any atom is -0.287 e. The van der Waals surface area contributed by atoms with Crippen LogP contribution in [-0.4, -0.2) is 25.4 Å². The SMILES string of the molecule is O=C(c1ccccc1)c1nc2ccccc2n2c(-c3ccccc3)nnc12. The van der Waals surface area contributed by atoms with Crippen molar-refractivity contribution in [1.82, 2.24) is 19.6 Å². The summed E-state index contributed by atoms with van der Waals surface area (Å²) in [6.07, 6.45) is 0. The van der Waals surface area contributed by atoms with Gasteiger partial charge in [0.2, 0.25) is 5.78 Å². The van der Waals surface area contributed by atoms with E-state index >= 15 is 0 Å². The van der Waals surface area contributed by atoms with Gasteiger partial charge in [-0.1, -0.05) is 72.8 Å². The quantitative estimate of drug-likeness (QED) is 0.458. The van der Waals surface area contributed by atoms with Gasteiger partial charge >= 0.3 is 0 Å². The van der Waals surface area contributed by atoms with E-state index in [0.717, 1.165) is 16.6 Å². The van der Waals surface area contributed by atoms with Crippen LogP contribution in [-0.2, 0) is 0 Å². The molecule has 27 heavy (non-hydrogen) atoms. The molecule has 2 heterocycles. The Bertz CT molecular complexity index is 1280. The third-order valence-electron chi connectivity index (χ3n) is 4.51. The third kappa shape index (κ3) is 2.48. The fraction of sp³-hybridized carbons (Fsp3) is 0. The second-order valence-electron chi connectivity index (χ2n) is 6.19. The summed E-state index contributed by atoms with van der Waals surface area (Å²) in [7, 11) is 0. The molecule has 0 N–H and O–H groups in total. The van der Waals surface area contributed by atoms with E-state index < -0.39 is 0 Å². The van der Waals surface area contributed by atoms with Crippen LogP contribution >= 0.6 is 0 Å². The van der Waals surface area contributed by atoms with Crippen LogP contribution in [0, 0.1) is 0 Å². The first-order valence-electron chi connectivity index (χ1n) is 8.62. The maximum Gasteiger partial charge on any atom is 0.215 e. The first-order chi connectivity index (χ1) is 13.3. The van der Waals surface area contributed by atoms with E-state index in [1.54, 1.807) is 12.1 Å². The maximum absolute atomic E-state index is 13.1. The minimum absolute atomic E-state index is 0.168. The maximum atomic E-state index is 13.1. The van der Waals surface area contributed by atoms with Crippen molar-refractivity contribution < 1.29 is 4.79 Å². The number of fused-ring (bicyclic) bond motifs is 3. The molecule has 0 saturated heterocycles. The molecular weight excluding hydrogens is 336 g/mol. The molecule has 0 aliphatic rings. The van der Waals surface area contributed by atoms with Crippen molar-refractivity contribution in [2.45, 2.75) is 0 Å². The molecule has 0 atom stereocenters. The highest BCUT2D eigenvalue weighted by Gasteiger charge is 2.21. The Hall–Kier alpha value is -3.86. The van der Waals surface area contributed by atoms with Gasteiger partial charge in [-0.2, -0.15) is 0 Å². The van der Waals surface area contributed by atoms with E-state index in [1.165, 1.54) is 0 Å². The largest absolute Gasteiger partial charge is 0.287 e. The van der Waals surface area contributed by atoms with Crippen molar-refractivity contribution in [2.24, 2.45) is 0 Å². The molecule has 3 aromatic carbocycles. The summed E-state index contributed by atoms with van der Waals surface area (Å²) >= 11 is 0. The average Bonchev–Trinajstić information content (AvgIpc) is 3.19.